The molecule has 0 unspecified atom stereocenters. The molecule has 0 aliphatic carbocycles. The number of esters is 1. The molecule has 0 saturated heterocycles. The van der Waals surface area contributed by atoms with E-state index in [-0.39, 0.29) is 0 Å². The third-order valence-electron chi connectivity index (χ3n) is 4.77. The van der Waals surface area contributed by atoms with Crippen molar-refractivity contribution >= 4 is 17.6 Å². The van der Waals surface area contributed by atoms with Crippen LogP contribution in [0.25, 0.3) is 0 Å². The fraction of sp³-hybridized carbons (Fsp3) is 0.500. The maximum absolute atomic E-state index is 12.4. The molecule has 2 aromatic rings. The first-order valence-corrected chi connectivity index (χ1v) is 10.1. The van der Waals surface area contributed by atoms with Gasteiger partial charge in [-0.15, -0.1) is 0 Å². The Kier molecular flexibility index (Phi) is 8.24. The molecule has 1 aromatic heterocycles. The molecule has 2 rings (SSSR count). The standard InChI is InChI=1S/C22H31N3O4/c1-6-7-8-9-14-28-19-12-10-18(11-13-19)22(27)29-17(4)21(26)23-20-15(2)24-25(5)16(20)3/h10-13,17H,6-9,14H2,1-5H3,(H,23,26)/t17-/m1/s1. The van der Waals surface area contributed by atoms with Gasteiger partial charge >= 0.3 is 5.97 Å². The Labute approximate surface area is 172 Å². The smallest absolute Gasteiger partial charge is 0.338 e. The molecule has 0 bridgehead atoms. The largest absolute Gasteiger partial charge is 0.494 e. The third-order valence-corrected chi connectivity index (χ3v) is 4.77. The Morgan fingerprint density at radius 2 is 1.83 bits per heavy atom. The van der Waals surface area contributed by atoms with Gasteiger partial charge in [0.2, 0.25) is 0 Å². The van der Waals surface area contributed by atoms with E-state index in [0.717, 1.165) is 18.5 Å². The minimum absolute atomic E-state index is 0.372. The summed E-state index contributed by atoms with van der Waals surface area (Å²) in [6.07, 6.45) is 3.63. The predicted octanol–water partition coefficient (Wildman–Crippen LogP) is 4.18. The van der Waals surface area contributed by atoms with Crippen molar-refractivity contribution in [2.45, 2.75) is 59.5 Å². The van der Waals surface area contributed by atoms with E-state index in [0.29, 0.717) is 29.3 Å². The van der Waals surface area contributed by atoms with Crippen LogP contribution in [0.5, 0.6) is 5.75 Å². The number of unbranched alkanes of at least 4 members (excludes halogenated alkanes) is 3. The molecule has 7 heteroatoms. The average Bonchev–Trinajstić information content (AvgIpc) is 2.94. The normalized spacial score (nSPS) is 11.8. The second-order valence-corrected chi connectivity index (χ2v) is 7.14. The first-order valence-electron chi connectivity index (χ1n) is 10.1. The molecule has 1 aromatic carbocycles. The van der Waals surface area contributed by atoms with E-state index in [1.807, 2.05) is 13.8 Å². The number of aromatic nitrogens is 2. The summed E-state index contributed by atoms with van der Waals surface area (Å²) < 4.78 is 12.7. The van der Waals surface area contributed by atoms with E-state index in [1.54, 1.807) is 42.9 Å². The molecule has 1 atom stereocenters. The summed E-state index contributed by atoms with van der Waals surface area (Å²) in [5, 5.41) is 7.04. The number of benzene rings is 1. The van der Waals surface area contributed by atoms with Crippen LogP contribution in [0.3, 0.4) is 0 Å². The number of hydrogen-bond donors (Lipinski definition) is 1. The van der Waals surface area contributed by atoms with Gasteiger partial charge < -0.3 is 14.8 Å². The number of anilines is 1. The van der Waals surface area contributed by atoms with Crippen molar-refractivity contribution < 1.29 is 19.1 Å². The van der Waals surface area contributed by atoms with Gasteiger partial charge in [-0.3, -0.25) is 9.48 Å². The summed E-state index contributed by atoms with van der Waals surface area (Å²) in [7, 11) is 1.81. The molecule has 0 aliphatic heterocycles. The van der Waals surface area contributed by atoms with Crippen molar-refractivity contribution in [3.05, 3.63) is 41.2 Å². The minimum Gasteiger partial charge on any atom is -0.494 e. The van der Waals surface area contributed by atoms with Crippen molar-refractivity contribution in [3.8, 4) is 5.75 Å². The Bertz CT molecular complexity index is 827. The van der Waals surface area contributed by atoms with E-state index >= 15 is 0 Å². The zero-order valence-electron chi connectivity index (χ0n) is 17.9. The molecule has 0 saturated carbocycles. The molecule has 1 N–H and O–H groups in total. The molecular weight excluding hydrogens is 370 g/mol. The van der Waals surface area contributed by atoms with E-state index in [2.05, 4.69) is 17.3 Å². The first kappa shape index (κ1) is 22.5. The zero-order chi connectivity index (χ0) is 21.4. The van der Waals surface area contributed by atoms with Crippen LogP contribution in [0.1, 0.15) is 61.3 Å². The van der Waals surface area contributed by atoms with Gasteiger partial charge in [0.15, 0.2) is 6.10 Å². The highest BCUT2D eigenvalue weighted by Crippen LogP contribution is 2.19. The van der Waals surface area contributed by atoms with Crippen molar-refractivity contribution in [3.63, 3.8) is 0 Å². The van der Waals surface area contributed by atoms with E-state index in [1.165, 1.54) is 12.8 Å². The number of amides is 1. The summed E-state index contributed by atoms with van der Waals surface area (Å²) in [6, 6.07) is 6.76. The van der Waals surface area contributed by atoms with Crippen LogP contribution < -0.4 is 10.1 Å². The van der Waals surface area contributed by atoms with Gasteiger partial charge in [-0.05, 0) is 51.5 Å². The summed E-state index contributed by atoms with van der Waals surface area (Å²) in [5.41, 5.74) is 2.55. The van der Waals surface area contributed by atoms with Crippen LogP contribution in [-0.2, 0) is 16.6 Å². The Morgan fingerprint density at radius 1 is 1.14 bits per heavy atom. The quantitative estimate of drug-likeness (QED) is 0.477. The number of carbonyl (C=O) groups is 2. The number of nitrogens with one attached hydrogen (secondary N) is 1. The van der Waals surface area contributed by atoms with Crippen molar-refractivity contribution in [1.82, 2.24) is 9.78 Å². The summed E-state index contributed by atoms with van der Waals surface area (Å²) in [5.74, 6) is -0.238. The van der Waals surface area contributed by atoms with Crippen LogP contribution in [-0.4, -0.2) is 34.4 Å². The van der Waals surface area contributed by atoms with Crippen molar-refractivity contribution in [2.24, 2.45) is 7.05 Å². The predicted molar refractivity (Wildman–Crippen MR) is 112 cm³/mol. The summed E-state index contributed by atoms with van der Waals surface area (Å²) in [4.78, 5) is 24.7. The number of rotatable bonds is 10. The molecule has 1 heterocycles. The fourth-order valence-electron chi connectivity index (χ4n) is 2.87. The van der Waals surface area contributed by atoms with Crippen LogP contribution in [0, 0.1) is 13.8 Å². The topological polar surface area (TPSA) is 82.4 Å². The fourth-order valence-corrected chi connectivity index (χ4v) is 2.87. The first-order chi connectivity index (χ1) is 13.8. The number of nitrogens with zero attached hydrogens (tertiary/aromatic N) is 2. The number of ether oxygens (including phenoxy) is 2. The molecule has 0 aliphatic rings. The molecule has 29 heavy (non-hydrogen) atoms. The number of aryl methyl sites for hydroxylation is 2. The average molecular weight is 402 g/mol. The zero-order valence-corrected chi connectivity index (χ0v) is 17.9. The highest BCUT2D eigenvalue weighted by molar-refractivity contribution is 5.98. The lowest BCUT2D eigenvalue weighted by Crippen LogP contribution is -2.30. The molecule has 0 fully saturated rings. The number of carbonyl (C=O) groups excluding carboxylic acids is 2. The maximum atomic E-state index is 12.4. The van der Waals surface area contributed by atoms with Gasteiger partial charge in [0.05, 0.1) is 29.2 Å². The highest BCUT2D eigenvalue weighted by Gasteiger charge is 2.21. The molecule has 158 valence electrons. The third kappa shape index (κ3) is 6.34. The monoisotopic (exact) mass is 401 g/mol. The van der Waals surface area contributed by atoms with E-state index < -0.39 is 18.0 Å². The van der Waals surface area contributed by atoms with Gasteiger partial charge in [-0.1, -0.05) is 26.2 Å². The summed E-state index contributed by atoms with van der Waals surface area (Å²) in [6.45, 7) is 8.05. The second kappa shape index (κ2) is 10.6. The Balaban J connectivity index is 1.86. The van der Waals surface area contributed by atoms with Gasteiger partial charge in [-0.2, -0.15) is 5.10 Å². The Morgan fingerprint density at radius 3 is 2.41 bits per heavy atom. The number of hydrogen-bond acceptors (Lipinski definition) is 5. The van der Waals surface area contributed by atoms with Gasteiger partial charge in [-0.25, -0.2) is 4.79 Å². The molecule has 7 nitrogen and oxygen atoms in total. The molecule has 0 radical (unpaired) electrons. The van der Waals surface area contributed by atoms with Gasteiger partial charge in [0.25, 0.3) is 5.91 Å². The lowest BCUT2D eigenvalue weighted by molar-refractivity contribution is -0.123. The van der Waals surface area contributed by atoms with Crippen molar-refractivity contribution in [2.75, 3.05) is 11.9 Å². The highest BCUT2D eigenvalue weighted by atomic mass is 16.5. The van der Waals surface area contributed by atoms with E-state index in [4.69, 9.17) is 9.47 Å². The molecule has 0 spiro atoms. The molecular formula is C22H31N3O4. The van der Waals surface area contributed by atoms with Crippen LogP contribution >= 0.6 is 0 Å². The van der Waals surface area contributed by atoms with Gasteiger partial charge in [0, 0.05) is 7.05 Å². The Hall–Kier alpha value is -2.83. The lowest BCUT2D eigenvalue weighted by Gasteiger charge is -2.14. The van der Waals surface area contributed by atoms with Crippen LogP contribution in [0.15, 0.2) is 24.3 Å². The lowest BCUT2D eigenvalue weighted by atomic mass is 10.2. The maximum Gasteiger partial charge on any atom is 0.338 e. The molecule has 1 amide bonds. The van der Waals surface area contributed by atoms with Crippen molar-refractivity contribution in [1.29, 1.82) is 0 Å². The minimum atomic E-state index is -0.934. The van der Waals surface area contributed by atoms with Crippen LogP contribution in [0.2, 0.25) is 0 Å². The second-order valence-electron chi connectivity index (χ2n) is 7.14. The SMILES string of the molecule is CCCCCCOc1ccc(C(=O)O[C@H](C)C(=O)Nc2c(C)nn(C)c2C)cc1. The summed E-state index contributed by atoms with van der Waals surface area (Å²) >= 11 is 0. The van der Waals surface area contributed by atoms with Gasteiger partial charge in [0.1, 0.15) is 5.75 Å². The van der Waals surface area contributed by atoms with Crippen LogP contribution in [0.4, 0.5) is 5.69 Å². The van der Waals surface area contributed by atoms with E-state index in [9.17, 15) is 9.59 Å².